The van der Waals surface area contributed by atoms with Gasteiger partial charge in [-0.2, -0.15) is 0 Å². The predicted octanol–water partition coefficient (Wildman–Crippen LogP) is 4.27. The van der Waals surface area contributed by atoms with Crippen LogP contribution >= 0.6 is 0 Å². The molecular weight excluding hydrogens is 218 g/mol. The fourth-order valence-electron chi connectivity index (χ4n) is 3.38. The lowest BCUT2D eigenvalue weighted by Gasteiger charge is -2.10. The molecule has 1 saturated carbocycles. The molecule has 0 amide bonds. The molecule has 0 aromatic heterocycles. The molecule has 2 aliphatic rings. The van der Waals surface area contributed by atoms with Crippen LogP contribution < -0.4 is 0 Å². The maximum Gasteiger partial charge on any atom is 0.166 e. The van der Waals surface area contributed by atoms with Gasteiger partial charge in [-0.3, -0.25) is 0 Å². The van der Waals surface area contributed by atoms with Crippen LogP contribution in [-0.2, 0) is 0 Å². The molecule has 1 aromatic rings. The third kappa shape index (κ3) is 1.62. The van der Waals surface area contributed by atoms with Crippen LogP contribution in [-0.4, -0.2) is 0 Å². The molecule has 0 bridgehead atoms. The number of hydrogen-bond acceptors (Lipinski definition) is 0. The van der Waals surface area contributed by atoms with Crippen LogP contribution in [0.25, 0.3) is 5.57 Å². The Hall–Kier alpha value is -1.18. The van der Waals surface area contributed by atoms with E-state index in [1.807, 2.05) is 0 Å². The van der Waals surface area contributed by atoms with Crippen LogP contribution in [0.1, 0.15) is 25.8 Å². The van der Waals surface area contributed by atoms with Crippen LogP contribution in [0.15, 0.2) is 24.3 Å². The lowest BCUT2D eigenvalue weighted by Crippen LogP contribution is -1.99. The van der Waals surface area contributed by atoms with Crippen molar-refractivity contribution in [3.05, 3.63) is 41.5 Å². The van der Waals surface area contributed by atoms with E-state index >= 15 is 0 Å². The second-order valence-electron chi connectivity index (χ2n) is 5.56. The van der Waals surface area contributed by atoms with Crippen molar-refractivity contribution in [2.75, 3.05) is 0 Å². The van der Waals surface area contributed by atoms with E-state index < -0.39 is 11.6 Å². The quantitative estimate of drug-likeness (QED) is 0.716. The Morgan fingerprint density at radius 3 is 2.59 bits per heavy atom. The Morgan fingerprint density at radius 1 is 1.24 bits per heavy atom. The van der Waals surface area contributed by atoms with Gasteiger partial charge in [0.25, 0.3) is 0 Å². The zero-order chi connectivity index (χ0) is 12.2. The summed E-state index contributed by atoms with van der Waals surface area (Å²) in [6, 6.07) is 4.43. The summed E-state index contributed by atoms with van der Waals surface area (Å²) < 4.78 is 26.8. The fraction of sp³-hybridized carbons (Fsp3) is 0.467. The second-order valence-corrected chi connectivity index (χ2v) is 5.56. The van der Waals surface area contributed by atoms with Crippen molar-refractivity contribution in [3.63, 3.8) is 0 Å². The van der Waals surface area contributed by atoms with E-state index in [1.165, 1.54) is 6.07 Å². The number of benzene rings is 1. The first-order valence-electron chi connectivity index (χ1n) is 6.24. The van der Waals surface area contributed by atoms with Gasteiger partial charge >= 0.3 is 0 Å². The van der Waals surface area contributed by atoms with Gasteiger partial charge in [-0.1, -0.05) is 32.1 Å². The highest BCUT2D eigenvalue weighted by molar-refractivity contribution is 5.70. The Kier molecular flexibility index (Phi) is 2.35. The van der Waals surface area contributed by atoms with Crippen molar-refractivity contribution in [1.82, 2.24) is 0 Å². The first-order chi connectivity index (χ1) is 8.09. The van der Waals surface area contributed by atoms with Crippen molar-refractivity contribution in [1.29, 1.82) is 0 Å². The van der Waals surface area contributed by atoms with Crippen LogP contribution in [0.3, 0.4) is 0 Å². The number of allylic oxidation sites excluding steroid dienone is 2. The molecule has 0 heterocycles. The summed E-state index contributed by atoms with van der Waals surface area (Å²) >= 11 is 0. The van der Waals surface area contributed by atoms with Crippen LogP contribution in [0.4, 0.5) is 8.78 Å². The van der Waals surface area contributed by atoms with Gasteiger partial charge in [-0.05, 0) is 41.7 Å². The molecule has 1 aromatic carbocycles. The van der Waals surface area contributed by atoms with E-state index in [0.717, 1.165) is 17.9 Å². The highest BCUT2D eigenvalue weighted by Gasteiger charge is 2.53. The molecule has 3 atom stereocenters. The number of hydrogen-bond donors (Lipinski definition) is 0. The van der Waals surface area contributed by atoms with Gasteiger partial charge < -0.3 is 0 Å². The molecule has 90 valence electrons. The van der Waals surface area contributed by atoms with Crippen molar-refractivity contribution in [3.8, 4) is 0 Å². The molecule has 3 rings (SSSR count). The molecular formula is C15H16F2. The van der Waals surface area contributed by atoms with Crippen LogP contribution in [0.5, 0.6) is 0 Å². The summed E-state index contributed by atoms with van der Waals surface area (Å²) in [5, 5.41) is 0. The second kappa shape index (κ2) is 3.66. The summed E-state index contributed by atoms with van der Waals surface area (Å²) in [6.07, 6.45) is 3.07. The van der Waals surface area contributed by atoms with Crippen molar-refractivity contribution in [2.24, 2.45) is 23.7 Å². The van der Waals surface area contributed by atoms with E-state index in [0.29, 0.717) is 23.3 Å². The Morgan fingerprint density at radius 2 is 2.00 bits per heavy atom. The van der Waals surface area contributed by atoms with E-state index in [9.17, 15) is 8.78 Å². The number of fused-ring (bicyclic) bond motifs is 1. The van der Waals surface area contributed by atoms with Gasteiger partial charge in [-0.15, -0.1) is 0 Å². The predicted molar refractivity (Wildman–Crippen MR) is 64.3 cm³/mol. The molecule has 0 spiro atoms. The molecule has 17 heavy (non-hydrogen) atoms. The third-order valence-electron chi connectivity index (χ3n) is 4.21. The summed E-state index contributed by atoms with van der Waals surface area (Å²) in [4.78, 5) is 0. The highest BCUT2D eigenvalue weighted by atomic mass is 19.2. The van der Waals surface area contributed by atoms with Crippen molar-refractivity contribution < 1.29 is 8.78 Å². The molecule has 0 N–H and O–H groups in total. The van der Waals surface area contributed by atoms with Gasteiger partial charge in [0.05, 0.1) is 0 Å². The van der Waals surface area contributed by atoms with Crippen molar-refractivity contribution >= 4 is 5.57 Å². The zero-order valence-corrected chi connectivity index (χ0v) is 10.1. The average Bonchev–Trinajstić information content (AvgIpc) is 2.80. The van der Waals surface area contributed by atoms with E-state index in [2.05, 4.69) is 19.9 Å². The van der Waals surface area contributed by atoms with E-state index in [4.69, 9.17) is 0 Å². The van der Waals surface area contributed by atoms with E-state index in [1.54, 1.807) is 12.1 Å². The third-order valence-corrected chi connectivity index (χ3v) is 4.21. The first-order valence-corrected chi connectivity index (χ1v) is 6.24. The lowest BCUT2D eigenvalue weighted by atomic mass is 9.96. The maximum absolute atomic E-state index is 13.6. The molecule has 0 radical (unpaired) electrons. The molecule has 2 aliphatic carbocycles. The molecule has 0 saturated heterocycles. The smallest absolute Gasteiger partial charge is 0.166 e. The van der Waals surface area contributed by atoms with Gasteiger partial charge in [0.1, 0.15) is 0 Å². The molecule has 0 aliphatic heterocycles. The summed E-state index contributed by atoms with van der Waals surface area (Å²) in [6.45, 7) is 4.47. The Balaban J connectivity index is 1.87. The summed E-state index contributed by atoms with van der Waals surface area (Å²) in [5.41, 5.74) is 1.45. The SMILES string of the molecule is CC(C)C1C2C=C(c3cccc(F)c3F)CC21. The monoisotopic (exact) mass is 234 g/mol. The molecule has 1 fully saturated rings. The Labute approximate surface area is 100 Å². The van der Waals surface area contributed by atoms with Gasteiger partial charge in [0.15, 0.2) is 11.6 Å². The fourth-order valence-corrected chi connectivity index (χ4v) is 3.38. The number of halogens is 2. The average molecular weight is 234 g/mol. The van der Waals surface area contributed by atoms with Gasteiger partial charge in [0.2, 0.25) is 0 Å². The molecule has 2 heteroatoms. The minimum absolute atomic E-state index is 0.458. The molecule has 0 nitrogen and oxygen atoms in total. The van der Waals surface area contributed by atoms with Crippen molar-refractivity contribution in [2.45, 2.75) is 20.3 Å². The summed E-state index contributed by atoms with van der Waals surface area (Å²) in [7, 11) is 0. The maximum atomic E-state index is 13.6. The Bertz CT molecular complexity index is 488. The normalized spacial score (nSPS) is 30.4. The topological polar surface area (TPSA) is 0 Å². The highest BCUT2D eigenvalue weighted by Crippen LogP contribution is 2.61. The largest absolute Gasteiger partial charge is 0.204 e. The number of rotatable bonds is 2. The standard InChI is InChI=1S/C15H16F2/c1-8(2)14-11-6-9(7-12(11)14)10-4-3-5-13(16)15(10)17/h3-6,8,11-12,14H,7H2,1-2H3. The zero-order valence-electron chi connectivity index (χ0n) is 10.1. The van der Waals surface area contributed by atoms with Crippen LogP contribution in [0.2, 0.25) is 0 Å². The minimum atomic E-state index is -0.746. The lowest BCUT2D eigenvalue weighted by molar-refractivity contribution is 0.500. The first kappa shape index (κ1) is 10.9. The van der Waals surface area contributed by atoms with Gasteiger partial charge in [0, 0.05) is 5.56 Å². The summed E-state index contributed by atoms with van der Waals surface area (Å²) in [5.74, 6) is 1.29. The minimum Gasteiger partial charge on any atom is -0.204 e. The van der Waals surface area contributed by atoms with Gasteiger partial charge in [-0.25, -0.2) is 8.78 Å². The van der Waals surface area contributed by atoms with E-state index in [-0.39, 0.29) is 0 Å². The molecule has 3 unspecified atom stereocenters. The van der Waals surface area contributed by atoms with Crippen LogP contribution in [0, 0.1) is 35.3 Å².